The summed E-state index contributed by atoms with van der Waals surface area (Å²) in [5.41, 5.74) is 1.85. The number of amides is 1. The van der Waals surface area contributed by atoms with Crippen molar-refractivity contribution in [2.75, 3.05) is 14.1 Å². The highest BCUT2D eigenvalue weighted by atomic mass is 16.2. The fourth-order valence-corrected chi connectivity index (χ4v) is 2.52. The van der Waals surface area contributed by atoms with Gasteiger partial charge in [0.15, 0.2) is 0 Å². The molecule has 0 aromatic rings. The molecule has 0 saturated carbocycles. The van der Waals surface area contributed by atoms with E-state index in [0.717, 1.165) is 23.5 Å². The second-order valence-electron chi connectivity index (χ2n) is 5.59. The summed E-state index contributed by atoms with van der Waals surface area (Å²) >= 11 is 0. The summed E-state index contributed by atoms with van der Waals surface area (Å²) in [6.07, 6.45) is 0.867. The first-order chi connectivity index (χ1) is 7.75. The summed E-state index contributed by atoms with van der Waals surface area (Å²) in [6.45, 7) is 10.2. The molecule has 4 nitrogen and oxygen atoms in total. The normalized spacial score (nSPS) is 28.2. The van der Waals surface area contributed by atoms with E-state index in [4.69, 9.17) is 0 Å². The van der Waals surface area contributed by atoms with Crippen LogP contribution in [0.1, 0.15) is 27.2 Å². The number of carbonyl (C=O) groups is 1. The maximum absolute atomic E-state index is 12.4. The maximum atomic E-state index is 12.4. The van der Waals surface area contributed by atoms with E-state index in [-0.39, 0.29) is 17.5 Å². The Balaban J connectivity index is 2.53. The van der Waals surface area contributed by atoms with E-state index in [1.54, 1.807) is 0 Å². The third-order valence-electron chi connectivity index (χ3n) is 3.98. The van der Waals surface area contributed by atoms with E-state index in [1.165, 1.54) is 0 Å². The predicted molar refractivity (Wildman–Crippen MR) is 68.0 cm³/mol. The number of nitrogens with zero attached hydrogens (tertiary/aromatic N) is 2. The number of carbonyl (C=O) groups excluding carboxylic acids is 1. The molecule has 1 N–H and O–H groups in total. The Hall–Kier alpha value is -1.45. The summed E-state index contributed by atoms with van der Waals surface area (Å²) in [4.78, 5) is 16.3. The quantitative estimate of drug-likeness (QED) is 0.687. The molecule has 2 aliphatic heterocycles. The van der Waals surface area contributed by atoms with E-state index in [0.29, 0.717) is 0 Å². The van der Waals surface area contributed by atoms with Crippen molar-refractivity contribution in [2.24, 2.45) is 0 Å². The van der Waals surface area contributed by atoms with Gasteiger partial charge in [-0.2, -0.15) is 0 Å². The van der Waals surface area contributed by atoms with Gasteiger partial charge in [-0.15, -0.1) is 0 Å². The van der Waals surface area contributed by atoms with E-state index < -0.39 is 0 Å². The number of hydrogen-bond acceptors (Lipinski definition) is 3. The molecule has 1 atom stereocenters. The molecule has 17 heavy (non-hydrogen) atoms. The molecular formula is C13H21N3O. The van der Waals surface area contributed by atoms with Gasteiger partial charge < -0.3 is 15.1 Å². The molecule has 0 spiro atoms. The van der Waals surface area contributed by atoms with Crippen LogP contribution >= 0.6 is 0 Å². The molecule has 0 aliphatic carbocycles. The van der Waals surface area contributed by atoms with Gasteiger partial charge in [-0.1, -0.05) is 6.58 Å². The molecule has 94 valence electrons. The first kappa shape index (κ1) is 12.0. The molecule has 1 amide bonds. The Labute approximate surface area is 103 Å². The van der Waals surface area contributed by atoms with Gasteiger partial charge in [-0.3, -0.25) is 4.79 Å². The lowest BCUT2D eigenvalue weighted by Crippen LogP contribution is -2.56. The van der Waals surface area contributed by atoms with Gasteiger partial charge in [0.2, 0.25) is 0 Å². The second kappa shape index (κ2) is 3.52. The highest BCUT2D eigenvalue weighted by Gasteiger charge is 2.42. The number of likely N-dealkylation sites (N-methyl/N-ethyl adjacent to an activating group) is 1. The SMILES string of the molecule is C=C1NC(C)C2=C(CC(C)(C)N(C)C2=O)N1C. The van der Waals surface area contributed by atoms with Crippen molar-refractivity contribution in [3.63, 3.8) is 0 Å². The summed E-state index contributed by atoms with van der Waals surface area (Å²) in [7, 11) is 3.84. The maximum Gasteiger partial charge on any atom is 0.253 e. The molecule has 0 aromatic carbocycles. The Morgan fingerprint density at radius 3 is 2.59 bits per heavy atom. The molecule has 4 heteroatoms. The summed E-state index contributed by atoms with van der Waals surface area (Å²) in [5, 5.41) is 3.23. The fourth-order valence-electron chi connectivity index (χ4n) is 2.52. The Bertz CT molecular complexity index is 422. The molecule has 1 unspecified atom stereocenters. The summed E-state index contributed by atoms with van der Waals surface area (Å²) in [5.74, 6) is 0.986. The van der Waals surface area contributed by atoms with Gasteiger partial charge in [-0.05, 0) is 20.8 Å². The molecule has 2 rings (SSSR count). The molecular weight excluding hydrogens is 214 g/mol. The van der Waals surface area contributed by atoms with Crippen molar-refractivity contribution < 1.29 is 4.79 Å². The van der Waals surface area contributed by atoms with Gasteiger partial charge >= 0.3 is 0 Å². The minimum absolute atomic E-state index is 0.0414. The van der Waals surface area contributed by atoms with Crippen LogP contribution in [0.3, 0.4) is 0 Å². The van der Waals surface area contributed by atoms with Crippen LogP contribution in [0.2, 0.25) is 0 Å². The fraction of sp³-hybridized carbons (Fsp3) is 0.615. The van der Waals surface area contributed by atoms with Crippen LogP contribution in [0, 0.1) is 0 Å². The Kier molecular flexibility index (Phi) is 2.49. The van der Waals surface area contributed by atoms with Crippen LogP contribution in [-0.2, 0) is 4.79 Å². The number of hydrogen-bond donors (Lipinski definition) is 1. The van der Waals surface area contributed by atoms with Crippen LogP contribution in [0.25, 0.3) is 0 Å². The van der Waals surface area contributed by atoms with Gasteiger partial charge in [0.1, 0.15) is 0 Å². The molecule has 0 fully saturated rings. The van der Waals surface area contributed by atoms with Crippen molar-refractivity contribution in [1.29, 1.82) is 0 Å². The molecule has 0 saturated heterocycles. The lowest BCUT2D eigenvalue weighted by molar-refractivity contribution is -0.132. The van der Waals surface area contributed by atoms with E-state index in [2.05, 4.69) is 25.7 Å². The molecule has 0 bridgehead atoms. The smallest absolute Gasteiger partial charge is 0.253 e. The Morgan fingerprint density at radius 1 is 1.41 bits per heavy atom. The minimum atomic E-state index is -0.137. The Morgan fingerprint density at radius 2 is 2.00 bits per heavy atom. The van der Waals surface area contributed by atoms with Crippen molar-refractivity contribution in [2.45, 2.75) is 38.8 Å². The average molecular weight is 235 g/mol. The van der Waals surface area contributed by atoms with Gasteiger partial charge in [0.25, 0.3) is 5.91 Å². The molecule has 0 radical (unpaired) electrons. The van der Waals surface area contributed by atoms with Crippen molar-refractivity contribution >= 4 is 5.91 Å². The van der Waals surface area contributed by atoms with Crippen LogP contribution < -0.4 is 5.32 Å². The molecule has 0 aromatic heterocycles. The van der Waals surface area contributed by atoms with Crippen molar-refractivity contribution in [3.05, 3.63) is 23.7 Å². The van der Waals surface area contributed by atoms with Crippen molar-refractivity contribution in [1.82, 2.24) is 15.1 Å². The van der Waals surface area contributed by atoms with Crippen LogP contribution in [0.5, 0.6) is 0 Å². The van der Waals surface area contributed by atoms with E-state index in [1.807, 2.05) is 30.8 Å². The van der Waals surface area contributed by atoms with Crippen molar-refractivity contribution in [3.8, 4) is 0 Å². The van der Waals surface area contributed by atoms with E-state index in [9.17, 15) is 4.79 Å². The number of rotatable bonds is 0. The predicted octanol–water partition coefficient (Wildman–Crippen LogP) is 1.28. The first-order valence-electron chi connectivity index (χ1n) is 5.96. The standard InChI is InChI=1S/C13H21N3O/c1-8-11-10(15(5)9(2)14-8)7-13(3,4)16(6)12(11)17/h8,14H,2,7H2,1,3-6H3. The third kappa shape index (κ3) is 1.63. The molecule has 2 aliphatic rings. The van der Waals surface area contributed by atoms with Crippen LogP contribution in [-0.4, -0.2) is 41.4 Å². The number of nitrogens with one attached hydrogen (secondary N) is 1. The lowest BCUT2D eigenvalue weighted by atomic mass is 9.85. The zero-order valence-corrected chi connectivity index (χ0v) is 11.3. The zero-order chi connectivity index (χ0) is 13.0. The zero-order valence-electron chi connectivity index (χ0n) is 11.3. The van der Waals surface area contributed by atoms with E-state index >= 15 is 0 Å². The minimum Gasteiger partial charge on any atom is -0.365 e. The first-order valence-corrected chi connectivity index (χ1v) is 5.96. The van der Waals surface area contributed by atoms with Crippen LogP contribution in [0.15, 0.2) is 23.7 Å². The second-order valence-corrected chi connectivity index (χ2v) is 5.59. The highest BCUT2D eigenvalue weighted by Crippen LogP contribution is 2.36. The van der Waals surface area contributed by atoms with Gasteiger partial charge in [-0.25, -0.2) is 0 Å². The summed E-state index contributed by atoms with van der Waals surface area (Å²) < 4.78 is 0. The topological polar surface area (TPSA) is 35.6 Å². The monoisotopic (exact) mass is 235 g/mol. The third-order valence-corrected chi connectivity index (χ3v) is 3.98. The van der Waals surface area contributed by atoms with Gasteiger partial charge in [0.05, 0.1) is 17.4 Å². The highest BCUT2D eigenvalue weighted by molar-refractivity contribution is 5.97. The average Bonchev–Trinajstić information content (AvgIpc) is 2.22. The largest absolute Gasteiger partial charge is 0.365 e. The summed E-state index contributed by atoms with van der Waals surface area (Å²) in [6, 6.07) is 0.0414. The van der Waals surface area contributed by atoms with Gasteiger partial charge in [0, 0.05) is 31.8 Å². The molecule has 2 heterocycles. The van der Waals surface area contributed by atoms with Crippen LogP contribution in [0.4, 0.5) is 0 Å². The lowest BCUT2D eigenvalue weighted by Gasteiger charge is -2.48.